The summed E-state index contributed by atoms with van der Waals surface area (Å²) in [6.45, 7) is 4.04. The Morgan fingerprint density at radius 2 is 2.05 bits per heavy atom. The summed E-state index contributed by atoms with van der Waals surface area (Å²) >= 11 is 0. The number of benzene rings is 1. The normalized spacial score (nSPS) is 10.9. The van der Waals surface area contributed by atoms with Crippen LogP contribution in [0.5, 0.6) is 0 Å². The topological polar surface area (TPSA) is 67.5 Å². The lowest BCUT2D eigenvalue weighted by Crippen LogP contribution is -2.00. The molecule has 0 atom stereocenters. The number of carboxylic acids is 1. The largest absolute Gasteiger partial charge is 0.477 e. The molecule has 0 aliphatic rings. The van der Waals surface area contributed by atoms with E-state index in [-0.39, 0.29) is 5.56 Å². The highest BCUT2D eigenvalue weighted by Gasteiger charge is 2.15. The lowest BCUT2D eigenvalue weighted by Gasteiger charge is -2.09. The number of fused-ring (bicyclic) bond motifs is 1. The molecule has 0 unspecified atom stereocenters. The van der Waals surface area contributed by atoms with Crippen LogP contribution in [-0.4, -0.2) is 25.7 Å². The molecule has 1 aromatic carbocycles. The first kappa shape index (κ1) is 12.3. The van der Waals surface area contributed by atoms with Gasteiger partial charge in [-0.1, -0.05) is 17.7 Å². The van der Waals surface area contributed by atoms with Crippen molar-refractivity contribution in [2.75, 3.05) is 0 Å². The summed E-state index contributed by atoms with van der Waals surface area (Å²) in [7, 11) is 0. The van der Waals surface area contributed by atoms with Crippen molar-refractivity contribution < 1.29 is 9.90 Å². The molecule has 0 aliphatic heterocycles. The van der Waals surface area contributed by atoms with Crippen molar-refractivity contribution in [1.29, 1.82) is 0 Å². The SMILES string of the molecule is Cc1ccc(C)c(-c2ccnc3c(C(=O)O)cnn23)c1. The van der Waals surface area contributed by atoms with Gasteiger partial charge in [0.25, 0.3) is 0 Å². The predicted molar refractivity (Wildman–Crippen MR) is 74.9 cm³/mol. The number of hydrogen-bond acceptors (Lipinski definition) is 3. The van der Waals surface area contributed by atoms with Crippen molar-refractivity contribution in [2.24, 2.45) is 0 Å². The molecule has 0 amide bonds. The van der Waals surface area contributed by atoms with Crippen LogP contribution in [0.1, 0.15) is 21.5 Å². The van der Waals surface area contributed by atoms with Gasteiger partial charge in [-0.3, -0.25) is 0 Å². The second-order valence-corrected chi connectivity index (χ2v) is 4.75. The number of aryl methyl sites for hydroxylation is 2. The van der Waals surface area contributed by atoms with Gasteiger partial charge in [-0.2, -0.15) is 5.10 Å². The van der Waals surface area contributed by atoms with Crippen molar-refractivity contribution in [3.63, 3.8) is 0 Å². The molecule has 100 valence electrons. The Kier molecular flexibility index (Phi) is 2.75. The van der Waals surface area contributed by atoms with Crippen LogP contribution in [-0.2, 0) is 0 Å². The molecule has 1 N–H and O–H groups in total. The fraction of sp³-hybridized carbons (Fsp3) is 0.133. The first-order chi connectivity index (χ1) is 9.58. The fourth-order valence-corrected chi connectivity index (χ4v) is 2.26. The zero-order valence-electron chi connectivity index (χ0n) is 11.2. The molecule has 0 fully saturated rings. The molecule has 2 heterocycles. The van der Waals surface area contributed by atoms with Gasteiger partial charge >= 0.3 is 5.97 Å². The minimum atomic E-state index is -1.02. The van der Waals surface area contributed by atoms with Crippen LogP contribution in [0.25, 0.3) is 16.9 Å². The molecule has 2 aromatic heterocycles. The van der Waals surface area contributed by atoms with Gasteiger partial charge in [-0.25, -0.2) is 14.3 Å². The summed E-state index contributed by atoms with van der Waals surface area (Å²) in [4.78, 5) is 15.3. The molecule has 0 saturated heterocycles. The van der Waals surface area contributed by atoms with E-state index in [0.29, 0.717) is 5.65 Å². The third kappa shape index (κ3) is 1.84. The highest BCUT2D eigenvalue weighted by molar-refractivity contribution is 5.94. The van der Waals surface area contributed by atoms with E-state index in [1.165, 1.54) is 6.20 Å². The van der Waals surface area contributed by atoms with Gasteiger partial charge in [0.1, 0.15) is 5.56 Å². The average molecular weight is 267 g/mol. The average Bonchev–Trinajstić information content (AvgIpc) is 2.85. The number of aromatic nitrogens is 3. The Morgan fingerprint density at radius 1 is 1.25 bits per heavy atom. The van der Waals surface area contributed by atoms with Gasteiger partial charge in [0.15, 0.2) is 5.65 Å². The quantitative estimate of drug-likeness (QED) is 0.775. The second kappa shape index (κ2) is 4.45. The van der Waals surface area contributed by atoms with Gasteiger partial charge in [0.05, 0.1) is 11.9 Å². The van der Waals surface area contributed by atoms with Crippen LogP contribution >= 0.6 is 0 Å². The van der Waals surface area contributed by atoms with Gasteiger partial charge in [0, 0.05) is 11.8 Å². The highest BCUT2D eigenvalue weighted by Crippen LogP contribution is 2.25. The molecular formula is C15H13N3O2. The molecule has 20 heavy (non-hydrogen) atoms. The number of carbonyl (C=O) groups is 1. The lowest BCUT2D eigenvalue weighted by molar-refractivity contribution is 0.0699. The van der Waals surface area contributed by atoms with Crippen molar-refractivity contribution in [1.82, 2.24) is 14.6 Å². The molecule has 3 rings (SSSR count). The smallest absolute Gasteiger partial charge is 0.341 e. The summed E-state index contributed by atoms with van der Waals surface area (Å²) in [5, 5.41) is 13.3. The molecule has 0 bridgehead atoms. The number of rotatable bonds is 2. The third-order valence-corrected chi connectivity index (χ3v) is 3.30. The molecule has 5 nitrogen and oxygen atoms in total. The van der Waals surface area contributed by atoms with E-state index in [4.69, 9.17) is 5.11 Å². The van der Waals surface area contributed by atoms with Crippen LogP contribution in [0.3, 0.4) is 0 Å². The Balaban J connectivity index is 2.32. The number of carboxylic acid groups (broad SMARTS) is 1. The first-order valence-corrected chi connectivity index (χ1v) is 6.21. The summed E-state index contributed by atoms with van der Waals surface area (Å²) in [5.41, 5.74) is 4.57. The van der Waals surface area contributed by atoms with Crippen LogP contribution < -0.4 is 0 Å². The van der Waals surface area contributed by atoms with E-state index >= 15 is 0 Å². The van der Waals surface area contributed by atoms with Crippen LogP contribution in [0.4, 0.5) is 0 Å². The Hall–Kier alpha value is -2.69. The standard InChI is InChI=1S/C15H13N3O2/c1-9-3-4-10(2)11(7-9)13-5-6-16-14-12(15(19)20)8-17-18(13)14/h3-8H,1-2H3,(H,19,20). The Bertz CT molecular complexity index is 821. The summed E-state index contributed by atoms with van der Waals surface area (Å²) < 4.78 is 1.57. The maximum Gasteiger partial charge on any atom is 0.341 e. The molecule has 3 aromatic rings. The summed E-state index contributed by atoms with van der Waals surface area (Å²) in [6, 6.07) is 7.99. The maximum atomic E-state index is 11.2. The molecule has 5 heteroatoms. The summed E-state index contributed by atoms with van der Waals surface area (Å²) in [5.74, 6) is -1.02. The predicted octanol–water partition coefficient (Wildman–Crippen LogP) is 2.71. The minimum Gasteiger partial charge on any atom is -0.477 e. The van der Waals surface area contributed by atoms with E-state index in [1.54, 1.807) is 10.7 Å². The number of hydrogen-bond donors (Lipinski definition) is 1. The zero-order valence-corrected chi connectivity index (χ0v) is 11.2. The Labute approximate surface area is 115 Å². The third-order valence-electron chi connectivity index (χ3n) is 3.30. The maximum absolute atomic E-state index is 11.2. The number of aromatic carboxylic acids is 1. The molecule has 0 spiro atoms. The van der Waals surface area contributed by atoms with Crippen molar-refractivity contribution in [3.05, 3.63) is 53.3 Å². The Morgan fingerprint density at radius 3 is 2.80 bits per heavy atom. The van der Waals surface area contributed by atoms with E-state index < -0.39 is 5.97 Å². The second-order valence-electron chi connectivity index (χ2n) is 4.75. The monoisotopic (exact) mass is 267 g/mol. The fourth-order valence-electron chi connectivity index (χ4n) is 2.26. The van der Waals surface area contributed by atoms with Gasteiger partial charge in [-0.15, -0.1) is 0 Å². The van der Waals surface area contributed by atoms with E-state index in [1.807, 2.05) is 32.0 Å². The van der Waals surface area contributed by atoms with Crippen LogP contribution in [0, 0.1) is 13.8 Å². The van der Waals surface area contributed by atoms with Gasteiger partial charge in [-0.05, 0) is 31.5 Å². The first-order valence-electron chi connectivity index (χ1n) is 6.21. The van der Waals surface area contributed by atoms with E-state index in [9.17, 15) is 4.79 Å². The van der Waals surface area contributed by atoms with Gasteiger partial charge in [0.2, 0.25) is 0 Å². The zero-order chi connectivity index (χ0) is 14.3. The summed E-state index contributed by atoms with van der Waals surface area (Å²) in [6.07, 6.45) is 2.94. The molecule has 0 radical (unpaired) electrons. The van der Waals surface area contributed by atoms with Gasteiger partial charge < -0.3 is 5.11 Å². The number of nitrogens with zero attached hydrogens (tertiary/aromatic N) is 3. The van der Waals surface area contributed by atoms with Crippen LogP contribution in [0.2, 0.25) is 0 Å². The van der Waals surface area contributed by atoms with Crippen molar-refractivity contribution in [2.45, 2.75) is 13.8 Å². The molecule has 0 aliphatic carbocycles. The van der Waals surface area contributed by atoms with E-state index in [2.05, 4.69) is 16.1 Å². The highest BCUT2D eigenvalue weighted by atomic mass is 16.4. The van der Waals surface area contributed by atoms with Crippen molar-refractivity contribution in [3.8, 4) is 11.3 Å². The lowest BCUT2D eigenvalue weighted by atomic mass is 10.0. The van der Waals surface area contributed by atoms with Crippen molar-refractivity contribution >= 4 is 11.6 Å². The molecule has 0 saturated carbocycles. The van der Waals surface area contributed by atoms with Crippen LogP contribution in [0.15, 0.2) is 36.7 Å². The minimum absolute atomic E-state index is 0.108. The molecular weight excluding hydrogens is 254 g/mol. The van der Waals surface area contributed by atoms with E-state index in [0.717, 1.165) is 22.4 Å².